The maximum absolute atomic E-state index is 8.48. The Morgan fingerprint density at radius 2 is 1.15 bits per heavy atom. The number of hydrogen-bond acceptors (Lipinski definition) is 4. The lowest BCUT2D eigenvalue weighted by atomic mass is 10.1. The summed E-state index contributed by atoms with van der Waals surface area (Å²) in [5.74, 6) is 0. The Morgan fingerprint density at radius 3 is 1.69 bits per heavy atom. The van der Waals surface area contributed by atoms with Gasteiger partial charge in [0, 0.05) is 0 Å². The fourth-order valence-corrected chi connectivity index (χ4v) is 3.15. The molecule has 0 radical (unpaired) electrons. The van der Waals surface area contributed by atoms with Gasteiger partial charge in [-0.3, -0.25) is 0 Å². The smallest absolute Gasteiger partial charge is 0.0691 e. The zero-order valence-corrected chi connectivity index (χ0v) is 14.3. The molecule has 0 unspecified atom stereocenters. The van der Waals surface area contributed by atoms with Crippen LogP contribution in [-0.2, 0) is 0 Å². The summed E-state index contributed by atoms with van der Waals surface area (Å²) in [6, 6.07) is 0.460. The Labute approximate surface area is 153 Å². The van der Waals surface area contributed by atoms with E-state index in [1.54, 1.807) is 0 Å². The second-order valence-electron chi connectivity index (χ2n) is 6.30. The Bertz CT molecular complexity index is 1140. The van der Waals surface area contributed by atoms with Crippen molar-refractivity contribution in [1.82, 2.24) is 0 Å². The molecule has 5 heterocycles. The van der Waals surface area contributed by atoms with E-state index in [0.29, 0.717) is 11.8 Å². The molecule has 0 aliphatic carbocycles. The first-order valence-electron chi connectivity index (χ1n) is 9.14. The standard InChI is InChI=1S/C22H16N4/c1-2-14-9-21-12-19-6-5-17(24-19)10-15-3-4-16(23-15)11-18-7-8-20(25-18)13-22(14)26-21/h3-13H,2H2,1H3/i9D. The lowest BCUT2D eigenvalue weighted by Gasteiger charge is -1.98. The maximum atomic E-state index is 8.48. The highest BCUT2D eigenvalue weighted by atomic mass is 14.8. The van der Waals surface area contributed by atoms with Crippen molar-refractivity contribution in [3.8, 4) is 0 Å². The number of allylic oxidation sites excluding steroid dienone is 12. The van der Waals surface area contributed by atoms with Crippen molar-refractivity contribution in [3.05, 3.63) is 95.2 Å². The summed E-state index contributed by atoms with van der Waals surface area (Å²) in [6.07, 6.45) is 20.2. The van der Waals surface area contributed by atoms with Gasteiger partial charge in [-0.05, 0) is 78.8 Å². The van der Waals surface area contributed by atoms with Gasteiger partial charge in [0.1, 0.15) is 0 Å². The van der Waals surface area contributed by atoms with Gasteiger partial charge >= 0.3 is 0 Å². The number of hydrogen-bond donors (Lipinski definition) is 0. The fourth-order valence-electron chi connectivity index (χ4n) is 3.15. The molecule has 5 aliphatic heterocycles. The number of fused-ring (bicyclic) bond motifs is 4. The van der Waals surface area contributed by atoms with Crippen molar-refractivity contribution in [2.24, 2.45) is 20.0 Å². The molecule has 4 nitrogen and oxygen atoms in total. The van der Waals surface area contributed by atoms with Crippen LogP contribution in [0, 0.1) is 0 Å². The third-order valence-corrected chi connectivity index (χ3v) is 4.39. The van der Waals surface area contributed by atoms with Crippen molar-refractivity contribution in [1.29, 1.82) is 0 Å². The van der Waals surface area contributed by atoms with Gasteiger partial charge in [0.05, 0.1) is 47.0 Å². The van der Waals surface area contributed by atoms with Crippen LogP contribution in [0.25, 0.3) is 0 Å². The Hall–Kier alpha value is -3.40. The zero-order chi connectivity index (χ0) is 18.4. The highest BCUT2D eigenvalue weighted by Crippen LogP contribution is 2.25. The normalized spacial score (nSPS) is 23.2. The fraction of sp³-hybridized carbons (Fsp3) is 0.0909. The van der Waals surface area contributed by atoms with Crippen molar-refractivity contribution >= 4 is 22.8 Å². The van der Waals surface area contributed by atoms with Gasteiger partial charge in [-0.25, -0.2) is 20.0 Å². The molecule has 0 atom stereocenters. The Kier molecular flexibility index (Phi) is 3.11. The van der Waals surface area contributed by atoms with Crippen molar-refractivity contribution in [3.63, 3.8) is 0 Å². The molecule has 26 heavy (non-hydrogen) atoms. The van der Waals surface area contributed by atoms with Gasteiger partial charge in [-0.2, -0.15) is 0 Å². The molecule has 0 saturated heterocycles. The monoisotopic (exact) mass is 337 g/mol. The van der Waals surface area contributed by atoms with Gasteiger partial charge in [-0.15, -0.1) is 0 Å². The summed E-state index contributed by atoms with van der Waals surface area (Å²) >= 11 is 0. The predicted molar refractivity (Wildman–Crippen MR) is 108 cm³/mol. The molecule has 5 rings (SSSR count). The lowest BCUT2D eigenvalue weighted by Crippen LogP contribution is -1.90. The first kappa shape index (κ1) is 13.8. The van der Waals surface area contributed by atoms with Crippen LogP contribution in [0.2, 0.25) is 0 Å². The van der Waals surface area contributed by atoms with Gasteiger partial charge in [0.2, 0.25) is 0 Å². The van der Waals surface area contributed by atoms with E-state index in [-0.39, 0.29) is 0 Å². The molecule has 8 bridgehead atoms. The van der Waals surface area contributed by atoms with Gasteiger partial charge in [-0.1, -0.05) is 6.92 Å². The van der Waals surface area contributed by atoms with E-state index in [9.17, 15) is 0 Å². The van der Waals surface area contributed by atoms with Gasteiger partial charge in [0.15, 0.2) is 0 Å². The summed E-state index contributed by atoms with van der Waals surface area (Å²) in [6.45, 7) is 2.04. The van der Waals surface area contributed by atoms with E-state index in [1.807, 2.05) is 67.7 Å². The molecule has 5 aliphatic rings. The molecule has 0 fully saturated rings. The van der Waals surface area contributed by atoms with Crippen molar-refractivity contribution in [2.45, 2.75) is 13.3 Å². The van der Waals surface area contributed by atoms with Crippen LogP contribution >= 0.6 is 0 Å². The third kappa shape index (κ3) is 2.75. The summed E-state index contributed by atoms with van der Waals surface area (Å²) < 4.78 is 8.48. The molecule has 0 amide bonds. The van der Waals surface area contributed by atoms with E-state index in [1.165, 1.54) is 0 Å². The molecule has 0 spiro atoms. The molecule has 124 valence electrons. The second kappa shape index (κ2) is 5.85. The Morgan fingerprint density at radius 1 is 0.654 bits per heavy atom. The van der Waals surface area contributed by atoms with Gasteiger partial charge < -0.3 is 0 Å². The van der Waals surface area contributed by atoms with E-state index in [4.69, 9.17) is 1.37 Å². The minimum Gasteiger partial charge on any atom is -0.249 e. The summed E-state index contributed by atoms with van der Waals surface area (Å²) in [4.78, 5) is 18.5. The first-order valence-corrected chi connectivity index (χ1v) is 8.64. The quantitative estimate of drug-likeness (QED) is 0.683. The SMILES string of the molecule is [2H]C1=C(CC)C2=CC3=NC(=CC4=NC(=CC5=NC(=CC1=N2)C=C5)C=C4)C=C3. The number of aliphatic imine (C=N–C) groups is 4. The minimum absolute atomic E-state index is 0.460. The molecule has 0 aromatic rings. The van der Waals surface area contributed by atoms with Crippen molar-refractivity contribution in [2.75, 3.05) is 0 Å². The molecule has 0 N–H and O–H groups in total. The molecule has 4 heteroatoms. The van der Waals surface area contributed by atoms with Crippen LogP contribution in [0.15, 0.2) is 115 Å². The highest BCUT2D eigenvalue weighted by Gasteiger charge is 2.15. The van der Waals surface area contributed by atoms with Crippen molar-refractivity contribution < 1.29 is 1.37 Å². The first-order chi connectivity index (χ1) is 13.2. The van der Waals surface area contributed by atoms with E-state index in [2.05, 4.69) is 20.0 Å². The summed E-state index contributed by atoms with van der Waals surface area (Å²) in [7, 11) is 0. The van der Waals surface area contributed by atoms with E-state index >= 15 is 0 Å². The molecular weight excluding hydrogens is 320 g/mol. The molecule has 0 aromatic carbocycles. The minimum atomic E-state index is 0.460. The Balaban J connectivity index is 1.68. The zero-order valence-electron chi connectivity index (χ0n) is 15.3. The van der Waals surface area contributed by atoms with Gasteiger partial charge in [0.25, 0.3) is 0 Å². The summed E-state index contributed by atoms with van der Waals surface area (Å²) in [5.41, 5.74) is 7.42. The van der Waals surface area contributed by atoms with E-state index < -0.39 is 0 Å². The van der Waals surface area contributed by atoms with Crippen LogP contribution < -0.4 is 0 Å². The largest absolute Gasteiger partial charge is 0.249 e. The van der Waals surface area contributed by atoms with Crippen LogP contribution in [0.3, 0.4) is 0 Å². The molecule has 0 saturated carbocycles. The predicted octanol–water partition coefficient (Wildman–Crippen LogP) is 4.36. The number of nitrogens with zero attached hydrogens (tertiary/aromatic N) is 4. The topological polar surface area (TPSA) is 49.4 Å². The lowest BCUT2D eigenvalue weighted by molar-refractivity contribution is 1.11. The van der Waals surface area contributed by atoms with Crippen LogP contribution in [0.5, 0.6) is 0 Å². The van der Waals surface area contributed by atoms with Crippen LogP contribution in [0.1, 0.15) is 14.7 Å². The molecule has 0 aromatic heterocycles. The van der Waals surface area contributed by atoms with Crippen LogP contribution in [0.4, 0.5) is 0 Å². The third-order valence-electron chi connectivity index (χ3n) is 4.39. The highest BCUT2D eigenvalue weighted by molar-refractivity contribution is 6.15. The average molecular weight is 337 g/mol. The van der Waals surface area contributed by atoms with Crippen LogP contribution in [-0.4, -0.2) is 22.8 Å². The number of rotatable bonds is 1. The molecular formula is C22H16N4. The maximum Gasteiger partial charge on any atom is 0.0691 e. The van der Waals surface area contributed by atoms with E-state index in [0.717, 1.165) is 51.9 Å². The average Bonchev–Trinajstić information content (AvgIpc) is 3.41. The summed E-state index contributed by atoms with van der Waals surface area (Å²) in [5, 5.41) is 0. The second-order valence-corrected chi connectivity index (χ2v) is 6.30.